The highest BCUT2D eigenvalue weighted by Crippen LogP contribution is 2.35. The van der Waals surface area contributed by atoms with Crippen LogP contribution in [0.4, 0.5) is 15.9 Å². The molecule has 0 aliphatic rings. The molecule has 0 saturated carbocycles. The highest BCUT2D eigenvalue weighted by Gasteiger charge is 2.14. The Hall–Kier alpha value is -2.66. The number of pyridine rings is 1. The first-order chi connectivity index (χ1) is 12.5. The van der Waals surface area contributed by atoms with E-state index in [9.17, 15) is 9.50 Å². The lowest BCUT2D eigenvalue weighted by molar-refractivity contribution is 0.278. The summed E-state index contributed by atoms with van der Waals surface area (Å²) in [4.78, 5) is 4.18. The van der Waals surface area contributed by atoms with Gasteiger partial charge in [-0.15, -0.1) is 0 Å². The number of hydrogen-bond acceptors (Lipinski definition) is 4. The van der Waals surface area contributed by atoms with Crippen LogP contribution in [0.3, 0.4) is 0 Å². The normalized spacial score (nSPS) is 12.3. The van der Waals surface area contributed by atoms with E-state index in [0.717, 1.165) is 34.0 Å². The number of aromatic nitrogens is 1. The Morgan fingerprint density at radius 1 is 1.27 bits per heavy atom. The average molecular weight is 353 g/mol. The summed E-state index contributed by atoms with van der Waals surface area (Å²) in [5.41, 5.74) is 9.00. The molecule has 0 radical (unpaired) electrons. The van der Waals surface area contributed by atoms with Crippen molar-refractivity contribution in [1.82, 2.24) is 4.98 Å². The van der Waals surface area contributed by atoms with E-state index in [1.165, 1.54) is 6.07 Å². The molecule has 26 heavy (non-hydrogen) atoms. The molecule has 5 heteroatoms. The molecule has 136 valence electrons. The van der Waals surface area contributed by atoms with E-state index in [2.05, 4.69) is 17.2 Å². The third-order valence-electron chi connectivity index (χ3n) is 4.70. The summed E-state index contributed by atoms with van der Waals surface area (Å²) in [6.07, 6.45) is 3.22. The summed E-state index contributed by atoms with van der Waals surface area (Å²) in [5.74, 6) is 0.187. The number of benzene rings is 2. The van der Waals surface area contributed by atoms with Crippen LogP contribution < -0.4 is 11.1 Å². The van der Waals surface area contributed by atoms with Gasteiger partial charge in [0.15, 0.2) is 0 Å². The molecule has 0 fully saturated rings. The van der Waals surface area contributed by atoms with E-state index in [1.54, 1.807) is 12.3 Å². The zero-order valence-electron chi connectivity index (χ0n) is 15.1. The van der Waals surface area contributed by atoms with Gasteiger partial charge in [0, 0.05) is 40.9 Å². The number of halogens is 1. The summed E-state index contributed by atoms with van der Waals surface area (Å²) in [5, 5.41) is 14.6. The summed E-state index contributed by atoms with van der Waals surface area (Å²) in [6, 6.07) is 10.9. The maximum absolute atomic E-state index is 14.5. The highest BCUT2D eigenvalue weighted by molar-refractivity contribution is 5.98. The third-order valence-corrected chi connectivity index (χ3v) is 4.70. The molecular formula is C21H24FN3O. The summed E-state index contributed by atoms with van der Waals surface area (Å²) in [6.45, 7) is 4.08. The van der Waals surface area contributed by atoms with Crippen molar-refractivity contribution in [1.29, 1.82) is 0 Å². The Balaban J connectivity index is 2.19. The second-order valence-corrected chi connectivity index (χ2v) is 6.55. The maximum Gasteiger partial charge on any atom is 0.131 e. The fraction of sp³-hybridized carbons (Fsp3) is 0.286. The van der Waals surface area contributed by atoms with Gasteiger partial charge in [0.05, 0.1) is 0 Å². The van der Waals surface area contributed by atoms with Gasteiger partial charge in [-0.25, -0.2) is 9.37 Å². The fourth-order valence-electron chi connectivity index (χ4n) is 3.29. The number of nitrogen functional groups attached to an aromatic ring is 1. The molecule has 1 atom stereocenters. The van der Waals surface area contributed by atoms with Crippen LogP contribution in [0.25, 0.3) is 21.9 Å². The monoisotopic (exact) mass is 353 g/mol. The number of hydrogen-bond donors (Lipinski definition) is 3. The minimum Gasteiger partial charge on any atom is -0.396 e. The van der Waals surface area contributed by atoms with Gasteiger partial charge in [0.25, 0.3) is 0 Å². The van der Waals surface area contributed by atoms with Crippen molar-refractivity contribution in [2.45, 2.75) is 32.7 Å². The molecule has 0 saturated heterocycles. The van der Waals surface area contributed by atoms with Gasteiger partial charge in [-0.05, 0) is 55.2 Å². The predicted molar refractivity (Wildman–Crippen MR) is 106 cm³/mol. The minimum absolute atomic E-state index is 0.110. The van der Waals surface area contributed by atoms with Gasteiger partial charge in [-0.3, -0.25) is 0 Å². The van der Waals surface area contributed by atoms with Crippen molar-refractivity contribution in [2.24, 2.45) is 0 Å². The average Bonchev–Trinajstić information content (AvgIpc) is 2.61. The molecule has 0 bridgehead atoms. The van der Waals surface area contributed by atoms with E-state index < -0.39 is 0 Å². The van der Waals surface area contributed by atoms with Crippen LogP contribution >= 0.6 is 0 Å². The fourth-order valence-corrected chi connectivity index (χ4v) is 3.29. The third kappa shape index (κ3) is 3.63. The quantitative estimate of drug-likeness (QED) is 0.610. The first kappa shape index (κ1) is 18.1. The molecule has 1 aromatic heterocycles. The topological polar surface area (TPSA) is 71.2 Å². The molecule has 4 N–H and O–H groups in total. The molecular weight excluding hydrogens is 329 g/mol. The van der Waals surface area contributed by atoms with Crippen LogP contribution in [0.1, 0.15) is 25.3 Å². The van der Waals surface area contributed by atoms with Crippen molar-refractivity contribution < 1.29 is 9.50 Å². The molecule has 0 amide bonds. The lowest BCUT2D eigenvalue weighted by Gasteiger charge is -2.20. The van der Waals surface area contributed by atoms with E-state index in [-0.39, 0.29) is 18.5 Å². The lowest BCUT2D eigenvalue weighted by Crippen LogP contribution is -2.20. The Bertz CT molecular complexity index is 906. The van der Waals surface area contributed by atoms with E-state index in [1.807, 2.05) is 31.2 Å². The predicted octanol–water partition coefficient (Wildman–Crippen LogP) is 4.50. The molecule has 0 spiro atoms. The van der Waals surface area contributed by atoms with E-state index >= 15 is 0 Å². The number of aryl methyl sites for hydroxylation is 1. The first-order valence-electron chi connectivity index (χ1n) is 8.85. The molecule has 0 aliphatic heterocycles. The largest absolute Gasteiger partial charge is 0.396 e. The van der Waals surface area contributed by atoms with Crippen molar-refractivity contribution in [2.75, 3.05) is 17.7 Å². The smallest absolute Gasteiger partial charge is 0.131 e. The van der Waals surface area contributed by atoms with Gasteiger partial charge in [-0.1, -0.05) is 19.1 Å². The number of nitrogens with zero attached hydrogens (tertiary/aromatic N) is 1. The molecule has 1 heterocycles. The van der Waals surface area contributed by atoms with Crippen LogP contribution in [0, 0.1) is 12.7 Å². The Labute approximate surface area is 152 Å². The molecule has 2 aromatic carbocycles. The van der Waals surface area contributed by atoms with Crippen LogP contribution in [0.15, 0.2) is 42.6 Å². The number of anilines is 2. The maximum atomic E-state index is 14.5. The summed E-state index contributed by atoms with van der Waals surface area (Å²) >= 11 is 0. The van der Waals surface area contributed by atoms with E-state index in [0.29, 0.717) is 17.8 Å². The van der Waals surface area contributed by atoms with Crippen molar-refractivity contribution in [3.8, 4) is 11.1 Å². The lowest BCUT2D eigenvalue weighted by atomic mass is 9.96. The SMILES string of the molecule is CCC(CCO)Nc1cc(-c2c(C)cccc2F)cc2cnc(N)cc12. The van der Waals surface area contributed by atoms with Crippen LogP contribution in [0.2, 0.25) is 0 Å². The van der Waals surface area contributed by atoms with Crippen LogP contribution in [-0.2, 0) is 0 Å². The second kappa shape index (κ2) is 7.70. The molecule has 1 unspecified atom stereocenters. The van der Waals surface area contributed by atoms with E-state index in [4.69, 9.17) is 5.73 Å². The number of nitrogens with one attached hydrogen (secondary N) is 1. The Morgan fingerprint density at radius 2 is 2.08 bits per heavy atom. The Morgan fingerprint density at radius 3 is 2.77 bits per heavy atom. The number of aliphatic hydroxyl groups is 1. The zero-order chi connectivity index (χ0) is 18.7. The van der Waals surface area contributed by atoms with Gasteiger partial charge < -0.3 is 16.2 Å². The standard InChI is InChI=1S/C21H24FN3O/c1-3-16(7-8-26)25-19-10-14(21-13(2)5-4-6-18(21)22)9-15-12-24-20(23)11-17(15)19/h4-6,9-12,16,25-26H,3,7-8H2,1-2H3,(H2,23,24). The number of rotatable bonds is 6. The van der Waals surface area contributed by atoms with Crippen LogP contribution in [-0.4, -0.2) is 22.7 Å². The summed E-state index contributed by atoms with van der Waals surface area (Å²) in [7, 11) is 0. The molecule has 0 aliphatic carbocycles. The van der Waals surface area contributed by atoms with Gasteiger partial charge >= 0.3 is 0 Å². The van der Waals surface area contributed by atoms with Gasteiger partial charge in [-0.2, -0.15) is 0 Å². The van der Waals surface area contributed by atoms with Crippen molar-refractivity contribution in [3.05, 3.63) is 54.0 Å². The number of fused-ring (bicyclic) bond motifs is 1. The van der Waals surface area contributed by atoms with Crippen molar-refractivity contribution in [3.63, 3.8) is 0 Å². The van der Waals surface area contributed by atoms with Gasteiger partial charge in [0.2, 0.25) is 0 Å². The molecule has 3 aromatic rings. The van der Waals surface area contributed by atoms with Crippen LogP contribution in [0.5, 0.6) is 0 Å². The van der Waals surface area contributed by atoms with Gasteiger partial charge in [0.1, 0.15) is 11.6 Å². The molecule has 4 nitrogen and oxygen atoms in total. The minimum atomic E-state index is -0.249. The zero-order valence-corrected chi connectivity index (χ0v) is 15.1. The highest BCUT2D eigenvalue weighted by atomic mass is 19.1. The molecule has 3 rings (SSSR count). The summed E-state index contributed by atoms with van der Waals surface area (Å²) < 4.78 is 14.5. The first-order valence-corrected chi connectivity index (χ1v) is 8.85. The number of aliphatic hydroxyl groups excluding tert-OH is 1. The van der Waals surface area contributed by atoms with Crippen molar-refractivity contribution >= 4 is 22.3 Å². The second-order valence-electron chi connectivity index (χ2n) is 6.55. The Kier molecular flexibility index (Phi) is 5.38. The number of nitrogens with two attached hydrogens (primary N) is 1.